The molecule has 0 bridgehead atoms. The summed E-state index contributed by atoms with van der Waals surface area (Å²) >= 11 is 6.97. The molecule has 1 aromatic carbocycles. The summed E-state index contributed by atoms with van der Waals surface area (Å²) in [6, 6.07) is 4.63. The largest absolute Gasteiger partial charge is 0.482 e. The molecule has 0 aliphatic carbocycles. The number of piperidine rings is 1. The van der Waals surface area contributed by atoms with E-state index in [1.165, 1.54) is 0 Å². The Morgan fingerprint density at radius 1 is 1.18 bits per heavy atom. The second-order valence-corrected chi connectivity index (χ2v) is 14.4. The molecule has 1 aliphatic heterocycles. The molecule has 246 valence electrons. The third-order valence-corrected chi connectivity index (χ3v) is 8.04. The molecule has 2 aromatic rings. The van der Waals surface area contributed by atoms with Crippen LogP contribution in [0.4, 0.5) is 4.79 Å². The van der Waals surface area contributed by atoms with E-state index in [1.807, 2.05) is 43.9 Å². The van der Waals surface area contributed by atoms with Crippen molar-refractivity contribution < 1.29 is 37.0 Å². The van der Waals surface area contributed by atoms with Crippen LogP contribution in [0.2, 0.25) is 5.02 Å². The van der Waals surface area contributed by atoms with Gasteiger partial charge in [-0.1, -0.05) is 23.7 Å². The van der Waals surface area contributed by atoms with Crippen LogP contribution in [0.15, 0.2) is 18.2 Å². The highest BCUT2D eigenvalue weighted by Gasteiger charge is 2.37. The summed E-state index contributed by atoms with van der Waals surface area (Å²) in [6.07, 6.45) is 3.27. The predicted molar refractivity (Wildman–Crippen MR) is 169 cm³/mol. The van der Waals surface area contributed by atoms with Gasteiger partial charge in [0.15, 0.2) is 6.61 Å². The minimum Gasteiger partial charge on any atom is -0.482 e. The highest BCUT2D eigenvalue weighted by atomic mass is 35.5. The smallest absolute Gasteiger partial charge is 0.410 e. The molecule has 0 radical (unpaired) electrons. The van der Waals surface area contributed by atoms with E-state index in [1.54, 1.807) is 35.1 Å². The van der Waals surface area contributed by atoms with Crippen molar-refractivity contribution in [2.75, 3.05) is 39.7 Å². The zero-order valence-corrected chi connectivity index (χ0v) is 28.2. The fourth-order valence-electron chi connectivity index (χ4n) is 5.40. The number of amides is 3. The van der Waals surface area contributed by atoms with Crippen molar-refractivity contribution in [3.8, 4) is 5.75 Å². The zero-order chi connectivity index (χ0) is 32.8. The van der Waals surface area contributed by atoms with Gasteiger partial charge in [0.2, 0.25) is 10.0 Å². The van der Waals surface area contributed by atoms with E-state index in [0.29, 0.717) is 56.4 Å². The number of aryl methyl sites for hydroxylation is 1. The van der Waals surface area contributed by atoms with Crippen LogP contribution < -0.4 is 9.46 Å². The van der Waals surface area contributed by atoms with Gasteiger partial charge >= 0.3 is 6.09 Å². The first kappa shape index (κ1) is 35.4. The van der Waals surface area contributed by atoms with Crippen molar-refractivity contribution in [3.05, 3.63) is 28.9 Å². The van der Waals surface area contributed by atoms with Gasteiger partial charge in [-0.25, -0.2) is 13.2 Å². The van der Waals surface area contributed by atoms with E-state index in [4.69, 9.17) is 25.8 Å². The van der Waals surface area contributed by atoms with E-state index in [0.717, 1.165) is 12.7 Å². The molecule has 1 saturated heterocycles. The Morgan fingerprint density at radius 2 is 1.89 bits per heavy atom. The molecule has 0 unspecified atom stereocenters. The minimum absolute atomic E-state index is 0.211. The Bertz CT molecular complexity index is 1450. The monoisotopic (exact) mass is 656 g/mol. The number of benzene rings is 1. The molecule has 1 atom stereocenters. The first-order valence-electron chi connectivity index (χ1n) is 14.8. The van der Waals surface area contributed by atoms with Crippen molar-refractivity contribution in [2.45, 2.75) is 84.5 Å². The number of nitrogens with zero attached hydrogens (tertiary/aromatic N) is 3. The molecular formula is C30H45ClN4O8S. The highest BCUT2D eigenvalue weighted by molar-refractivity contribution is 7.89. The van der Waals surface area contributed by atoms with Crippen LogP contribution >= 0.6 is 11.6 Å². The molecule has 0 saturated carbocycles. The summed E-state index contributed by atoms with van der Waals surface area (Å²) in [5, 5.41) is 0.804. The van der Waals surface area contributed by atoms with Crippen LogP contribution in [0, 0.1) is 0 Å². The molecular weight excluding hydrogens is 612 g/mol. The number of methoxy groups -OCH3 is 1. The van der Waals surface area contributed by atoms with Crippen molar-refractivity contribution in [1.29, 1.82) is 0 Å². The normalized spacial score (nSPS) is 15.8. The Hall–Kier alpha value is -3.03. The minimum atomic E-state index is -3.76. The average Bonchev–Trinajstić information content (AvgIpc) is 3.20. The Labute approximate surface area is 265 Å². The number of likely N-dealkylation sites (tertiary alicyclic amines) is 1. The van der Waals surface area contributed by atoms with Crippen molar-refractivity contribution in [2.24, 2.45) is 0 Å². The predicted octanol–water partition coefficient (Wildman–Crippen LogP) is 4.43. The molecule has 1 fully saturated rings. The summed E-state index contributed by atoms with van der Waals surface area (Å²) < 4.78 is 43.3. The number of carbonyl (C=O) groups excluding carboxylic acids is 3. The summed E-state index contributed by atoms with van der Waals surface area (Å²) in [6.45, 7) is 10.6. The van der Waals surface area contributed by atoms with Crippen LogP contribution in [0.25, 0.3) is 10.9 Å². The van der Waals surface area contributed by atoms with Crippen LogP contribution in [0.5, 0.6) is 5.75 Å². The number of ether oxygens (including phenoxy) is 3. The maximum absolute atomic E-state index is 14.5. The maximum Gasteiger partial charge on any atom is 0.410 e. The number of carbonyl (C=O) groups is 3. The van der Waals surface area contributed by atoms with Gasteiger partial charge in [-0.15, -0.1) is 0 Å². The van der Waals surface area contributed by atoms with Gasteiger partial charge in [-0.3, -0.25) is 14.3 Å². The number of halogens is 1. The number of unbranched alkanes of at least 4 members (excludes halogenated alkanes) is 1. The summed E-state index contributed by atoms with van der Waals surface area (Å²) in [5.74, 6) is -0.837. The number of sulfonamides is 1. The van der Waals surface area contributed by atoms with Gasteiger partial charge in [0.1, 0.15) is 17.0 Å². The lowest BCUT2D eigenvalue weighted by molar-refractivity contribution is -0.121. The lowest BCUT2D eigenvalue weighted by Crippen LogP contribution is -2.54. The number of nitrogens with one attached hydrogen (secondary N) is 1. The second-order valence-electron chi connectivity index (χ2n) is 12.3. The Kier molecular flexibility index (Phi) is 12.0. The number of rotatable bonds is 12. The molecule has 3 rings (SSSR count). The summed E-state index contributed by atoms with van der Waals surface area (Å²) in [7, 11) is -2.14. The van der Waals surface area contributed by atoms with Gasteiger partial charge in [0.05, 0.1) is 22.8 Å². The molecule has 12 nitrogen and oxygen atoms in total. The average molecular weight is 657 g/mol. The lowest BCUT2D eigenvalue weighted by atomic mass is 10.0. The van der Waals surface area contributed by atoms with Crippen LogP contribution in [-0.2, 0) is 30.8 Å². The summed E-state index contributed by atoms with van der Waals surface area (Å²) in [5.41, 5.74) is 0.159. The third kappa shape index (κ3) is 9.24. The van der Waals surface area contributed by atoms with Crippen molar-refractivity contribution in [3.63, 3.8) is 0 Å². The van der Waals surface area contributed by atoms with Gasteiger partial charge < -0.3 is 28.6 Å². The number of fused-ring (bicyclic) bond motifs is 1. The first-order valence-corrected chi connectivity index (χ1v) is 17.0. The van der Waals surface area contributed by atoms with Crippen LogP contribution in [0.3, 0.4) is 0 Å². The molecule has 3 amide bonds. The molecule has 1 aliphatic rings. The van der Waals surface area contributed by atoms with Crippen LogP contribution in [-0.4, -0.2) is 98.0 Å². The topological polar surface area (TPSA) is 136 Å². The van der Waals surface area contributed by atoms with Gasteiger partial charge in [-0.2, -0.15) is 0 Å². The highest BCUT2D eigenvalue weighted by Crippen LogP contribution is 2.38. The van der Waals surface area contributed by atoms with Gasteiger partial charge in [-0.05, 0) is 66.4 Å². The molecule has 1 aromatic heterocycles. The van der Waals surface area contributed by atoms with Gasteiger partial charge in [0, 0.05) is 44.8 Å². The fraction of sp³-hybridized carbons (Fsp3) is 0.633. The third-order valence-electron chi connectivity index (χ3n) is 7.06. The molecule has 1 N–H and O–H groups in total. The van der Waals surface area contributed by atoms with E-state index in [9.17, 15) is 22.8 Å². The van der Waals surface area contributed by atoms with E-state index in [-0.39, 0.29) is 34.5 Å². The van der Waals surface area contributed by atoms with E-state index < -0.39 is 34.2 Å². The fourth-order valence-corrected chi connectivity index (χ4v) is 6.21. The molecule has 2 heterocycles. The Morgan fingerprint density at radius 3 is 2.50 bits per heavy atom. The number of hydrogen-bond acceptors (Lipinski definition) is 8. The van der Waals surface area contributed by atoms with Crippen molar-refractivity contribution in [1.82, 2.24) is 19.1 Å². The lowest BCUT2D eigenvalue weighted by Gasteiger charge is -2.41. The second kappa shape index (κ2) is 14.8. The van der Waals surface area contributed by atoms with Crippen molar-refractivity contribution >= 4 is 50.4 Å². The molecule has 44 heavy (non-hydrogen) atoms. The number of hydrogen-bond donors (Lipinski definition) is 1. The first-order chi connectivity index (χ1) is 20.5. The maximum atomic E-state index is 14.5. The number of aromatic nitrogens is 1. The standard InChI is InChI=1S/C30H45ClN4O8S/c1-20(2)35(21-12-11-15-33(18-21)29(38)43-30(3,4)5)28(37)27-25(31)22-13-10-14-23(42-19-24(36)32-44(7,39)40)26(22)34(27)16-8-9-17-41-6/h10,13-14,20-21H,8-9,11-12,15-19H2,1-7H3,(H,32,36)/t21-/m1/s1. The van der Waals surface area contributed by atoms with E-state index >= 15 is 0 Å². The van der Waals surface area contributed by atoms with E-state index in [2.05, 4.69) is 0 Å². The SMILES string of the molecule is COCCCCn1c(C(=O)N(C(C)C)[C@@H]2CCCN(C(=O)OC(C)(C)C)C2)c(Cl)c2cccc(OCC(=O)NS(C)(=O)=O)c21. The van der Waals surface area contributed by atoms with Crippen LogP contribution in [0.1, 0.15) is 70.8 Å². The Balaban J connectivity index is 2.03. The zero-order valence-electron chi connectivity index (χ0n) is 26.6. The van der Waals surface area contributed by atoms with Gasteiger partial charge in [0.25, 0.3) is 11.8 Å². The quantitative estimate of drug-likeness (QED) is 0.332. The number of para-hydroxylation sites is 1. The molecule has 0 spiro atoms. The summed E-state index contributed by atoms with van der Waals surface area (Å²) in [4.78, 5) is 43.1. The molecule has 14 heteroatoms.